The summed E-state index contributed by atoms with van der Waals surface area (Å²) in [6, 6.07) is 1.88. The van der Waals surface area contributed by atoms with Crippen molar-refractivity contribution < 1.29 is 38.1 Å². The summed E-state index contributed by atoms with van der Waals surface area (Å²) >= 11 is 0. The predicted molar refractivity (Wildman–Crippen MR) is 189 cm³/mol. The second kappa shape index (κ2) is 12.1. The highest BCUT2D eigenvalue weighted by Gasteiger charge is 2.61. The summed E-state index contributed by atoms with van der Waals surface area (Å²) in [4.78, 5) is 58.9. The fourth-order valence-electron chi connectivity index (χ4n) is 9.13. The molecule has 0 saturated carbocycles. The molecule has 0 N–H and O–H groups in total. The largest absolute Gasteiger partial charge is 0.493 e. The number of allylic oxidation sites excluding steroid dienone is 4. The van der Waals surface area contributed by atoms with Crippen LogP contribution in [0.5, 0.6) is 17.2 Å². The van der Waals surface area contributed by atoms with E-state index in [1.165, 1.54) is 0 Å². The standard InChI is InChI=1S/C41H55NO8/c1-21(2)25-27-23(48-17-13-14-42-15-18-47-19-16-42)20-24-28(31(27)50-35-30(25)33(44)39(7,8)37(46)41(35,11)12)26(22(3)4)29-32(43)38(5,6)36(45)40(9,10)34(29)49-24/h20-22,25-26H,13-19H2,1-12H3/t25-,26+/m0/s1. The van der Waals surface area contributed by atoms with Crippen LogP contribution in [-0.4, -0.2) is 67.5 Å². The number of ketones is 4. The van der Waals surface area contributed by atoms with Crippen LogP contribution in [0.1, 0.15) is 112 Å². The Labute approximate surface area is 297 Å². The van der Waals surface area contributed by atoms with Crippen LogP contribution in [0.15, 0.2) is 28.7 Å². The fourth-order valence-corrected chi connectivity index (χ4v) is 9.13. The van der Waals surface area contributed by atoms with Crippen molar-refractivity contribution in [3.8, 4) is 17.2 Å². The molecule has 5 aliphatic rings. The second-order valence-corrected chi connectivity index (χ2v) is 17.6. The first-order valence-corrected chi connectivity index (χ1v) is 18.4. The predicted octanol–water partition coefficient (Wildman–Crippen LogP) is 6.97. The van der Waals surface area contributed by atoms with Gasteiger partial charge in [-0.15, -0.1) is 0 Å². The van der Waals surface area contributed by atoms with Gasteiger partial charge in [0.25, 0.3) is 0 Å². The van der Waals surface area contributed by atoms with Gasteiger partial charge in [0, 0.05) is 59.8 Å². The topological polar surface area (TPSA) is 108 Å². The van der Waals surface area contributed by atoms with Crippen LogP contribution in [0, 0.1) is 33.5 Å². The van der Waals surface area contributed by atoms with Crippen LogP contribution in [0.25, 0.3) is 0 Å². The highest BCUT2D eigenvalue weighted by molar-refractivity contribution is 6.21. The van der Waals surface area contributed by atoms with Gasteiger partial charge in [-0.05, 0) is 73.6 Å². The minimum atomic E-state index is -1.24. The molecule has 50 heavy (non-hydrogen) atoms. The number of Topliss-reactive ketones (excluding diaryl/α,β-unsaturated/α-hetero) is 4. The first kappa shape index (κ1) is 36.5. The van der Waals surface area contributed by atoms with Crippen LogP contribution in [-0.2, 0) is 23.9 Å². The molecule has 9 heteroatoms. The maximum absolute atomic E-state index is 14.4. The zero-order valence-electron chi connectivity index (χ0n) is 32.0. The number of carbonyl (C=O) groups excluding carboxylic acids is 4. The molecule has 9 nitrogen and oxygen atoms in total. The van der Waals surface area contributed by atoms with Gasteiger partial charge < -0.3 is 18.9 Å². The Kier molecular flexibility index (Phi) is 8.87. The fraction of sp³-hybridized carbons (Fsp3) is 0.659. The third kappa shape index (κ3) is 5.23. The van der Waals surface area contributed by atoms with Crippen LogP contribution < -0.4 is 14.2 Å². The van der Waals surface area contributed by atoms with Crippen molar-refractivity contribution in [2.75, 3.05) is 39.5 Å². The monoisotopic (exact) mass is 689 g/mol. The lowest BCUT2D eigenvalue weighted by Crippen LogP contribution is -2.53. The van der Waals surface area contributed by atoms with E-state index in [0.29, 0.717) is 52.1 Å². The van der Waals surface area contributed by atoms with Gasteiger partial charge in [-0.1, -0.05) is 27.7 Å². The molecule has 6 rings (SSSR count). The molecule has 1 aromatic carbocycles. The minimum absolute atomic E-state index is 0.0660. The van der Waals surface area contributed by atoms with Gasteiger partial charge in [-0.2, -0.15) is 0 Å². The van der Waals surface area contributed by atoms with Gasteiger partial charge in [0.2, 0.25) is 0 Å². The van der Waals surface area contributed by atoms with Gasteiger partial charge in [0.15, 0.2) is 23.1 Å². The molecule has 0 radical (unpaired) electrons. The molecule has 272 valence electrons. The molecule has 0 aromatic heterocycles. The summed E-state index contributed by atoms with van der Waals surface area (Å²) in [5.74, 6) is 0.300. The highest BCUT2D eigenvalue weighted by Crippen LogP contribution is 2.63. The molecule has 3 aliphatic heterocycles. The summed E-state index contributed by atoms with van der Waals surface area (Å²) in [6.07, 6.45) is 0.774. The molecular formula is C41H55NO8. The number of rotatable bonds is 7. The Hall–Kier alpha value is -3.30. The number of hydrogen-bond acceptors (Lipinski definition) is 9. The zero-order valence-corrected chi connectivity index (χ0v) is 32.0. The highest BCUT2D eigenvalue weighted by atomic mass is 16.5. The minimum Gasteiger partial charge on any atom is -0.493 e. The molecule has 3 heterocycles. The Balaban J connectivity index is 1.58. The van der Waals surface area contributed by atoms with E-state index in [2.05, 4.69) is 32.6 Å². The van der Waals surface area contributed by atoms with Gasteiger partial charge in [0.1, 0.15) is 28.8 Å². The van der Waals surface area contributed by atoms with Crippen LogP contribution in [0.2, 0.25) is 0 Å². The van der Waals surface area contributed by atoms with E-state index in [1.54, 1.807) is 27.7 Å². The number of nitrogens with zero attached hydrogens (tertiary/aromatic N) is 1. The van der Waals surface area contributed by atoms with Crippen LogP contribution in [0.4, 0.5) is 0 Å². The number of morpholine rings is 1. The van der Waals surface area contributed by atoms with Gasteiger partial charge >= 0.3 is 0 Å². The lowest BCUT2D eigenvalue weighted by molar-refractivity contribution is -0.146. The molecular weight excluding hydrogens is 634 g/mol. The lowest BCUT2D eigenvalue weighted by atomic mass is 9.58. The van der Waals surface area contributed by atoms with E-state index in [4.69, 9.17) is 18.9 Å². The van der Waals surface area contributed by atoms with Crippen molar-refractivity contribution in [1.29, 1.82) is 0 Å². The Bertz CT molecular complexity index is 1730. The van der Waals surface area contributed by atoms with Crippen molar-refractivity contribution in [1.82, 2.24) is 4.90 Å². The first-order chi connectivity index (χ1) is 23.2. The van der Waals surface area contributed by atoms with E-state index in [9.17, 15) is 19.2 Å². The van der Waals surface area contributed by atoms with Crippen molar-refractivity contribution in [3.05, 3.63) is 39.9 Å². The number of carbonyl (C=O) groups is 4. The van der Waals surface area contributed by atoms with E-state index in [-0.39, 0.29) is 35.0 Å². The zero-order chi connectivity index (χ0) is 36.9. The molecule has 0 unspecified atom stereocenters. The van der Waals surface area contributed by atoms with Crippen molar-refractivity contribution >= 4 is 23.1 Å². The number of benzene rings is 1. The summed E-state index contributed by atoms with van der Waals surface area (Å²) in [5.41, 5.74) is -2.18. The Morgan fingerprint density at radius 3 is 1.70 bits per heavy atom. The van der Waals surface area contributed by atoms with Gasteiger partial charge in [-0.3, -0.25) is 24.1 Å². The molecule has 2 aliphatic carbocycles. The van der Waals surface area contributed by atoms with Crippen LogP contribution >= 0.6 is 0 Å². The molecule has 0 amide bonds. The molecule has 2 atom stereocenters. The summed E-state index contributed by atoms with van der Waals surface area (Å²) in [6.45, 7) is 26.9. The number of hydrogen-bond donors (Lipinski definition) is 0. The van der Waals surface area contributed by atoms with Crippen molar-refractivity contribution in [2.24, 2.45) is 33.5 Å². The SMILES string of the molecule is CC(C)[C@@H]1C2=C(Oc3c1c(OCCCN1CCOCC1)cc1c3[C@@H](C(C)C)C3=C(O1)C(C)(C)C(=O)C(C)(C)C3=O)C(C)(C)C(=O)C(C)(C)C2=O. The van der Waals surface area contributed by atoms with Crippen LogP contribution in [0.3, 0.4) is 0 Å². The third-order valence-corrected chi connectivity index (χ3v) is 11.8. The molecule has 1 saturated heterocycles. The quantitative estimate of drug-likeness (QED) is 0.222. The van der Waals surface area contributed by atoms with E-state index < -0.39 is 33.5 Å². The van der Waals surface area contributed by atoms with E-state index in [1.807, 2.05) is 33.8 Å². The number of ether oxygens (including phenoxy) is 4. The molecule has 0 spiro atoms. The molecule has 1 aromatic rings. The normalized spacial score (nSPS) is 26.7. The summed E-state index contributed by atoms with van der Waals surface area (Å²) < 4.78 is 25.9. The van der Waals surface area contributed by atoms with Crippen molar-refractivity contribution in [2.45, 2.75) is 101 Å². The smallest absolute Gasteiger partial charge is 0.175 e. The average Bonchev–Trinajstić information content (AvgIpc) is 3.05. The van der Waals surface area contributed by atoms with E-state index >= 15 is 0 Å². The van der Waals surface area contributed by atoms with Crippen molar-refractivity contribution in [3.63, 3.8) is 0 Å². The molecule has 1 fully saturated rings. The average molecular weight is 690 g/mol. The van der Waals surface area contributed by atoms with Gasteiger partial charge in [0.05, 0.1) is 41.5 Å². The number of fused-ring (bicyclic) bond motifs is 3. The first-order valence-electron chi connectivity index (χ1n) is 18.4. The van der Waals surface area contributed by atoms with Gasteiger partial charge in [-0.25, -0.2) is 0 Å². The Morgan fingerprint density at radius 2 is 1.20 bits per heavy atom. The lowest BCUT2D eigenvalue weighted by Gasteiger charge is -2.48. The Morgan fingerprint density at radius 1 is 0.720 bits per heavy atom. The summed E-state index contributed by atoms with van der Waals surface area (Å²) in [7, 11) is 0. The maximum atomic E-state index is 14.4. The molecule has 0 bridgehead atoms. The summed E-state index contributed by atoms with van der Waals surface area (Å²) in [5, 5.41) is 0. The second-order valence-electron chi connectivity index (χ2n) is 17.6. The third-order valence-electron chi connectivity index (χ3n) is 11.8. The maximum Gasteiger partial charge on any atom is 0.175 e. The van der Waals surface area contributed by atoms with E-state index in [0.717, 1.165) is 44.8 Å².